The number of hydrogen-bond acceptors (Lipinski definition) is 3. The first-order valence-electron chi connectivity index (χ1n) is 3.78. The fourth-order valence-electron chi connectivity index (χ4n) is 1.28. The van der Waals surface area contributed by atoms with Crippen molar-refractivity contribution in [1.82, 2.24) is 0 Å². The molecule has 1 aliphatic rings. The second-order valence-corrected chi connectivity index (χ2v) is 4.04. The summed E-state index contributed by atoms with van der Waals surface area (Å²) < 4.78 is 0. The number of thioether (sulfide) groups is 1. The Morgan fingerprint density at radius 2 is 2.09 bits per heavy atom. The third kappa shape index (κ3) is 2.38. The van der Waals surface area contributed by atoms with Gasteiger partial charge in [-0.15, -0.1) is 0 Å². The summed E-state index contributed by atoms with van der Waals surface area (Å²) in [5.74, 6) is 1.47. The van der Waals surface area contributed by atoms with E-state index in [2.05, 4.69) is 0 Å². The van der Waals surface area contributed by atoms with Gasteiger partial charge in [-0.3, -0.25) is 4.79 Å². The van der Waals surface area contributed by atoms with Crippen LogP contribution in [-0.2, 0) is 4.79 Å². The lowest BCUT2D eigenvalue weighted by Gasteiger charge is -2.24. The SMILES string of the molecule is NC(C(=O)O)C1CCSCC1. The number of carboxylic acids is 1. The molecule has 1 heterocycles. The van der Waals surface area contributed by atoms with E-state index in [0.717, 1.165) is 24.3 Å². The molecule has 1 unspecified atom stereocenters. The van der Waals surface area contributed by atoms with Gasteiger partial charge < -0.3 is 10.8 Å². The van der Waals surface area contributed by atoms with Gasteiger partial charge in [0, 0.05) is 0 Å². The molecular formula is C7H13NO2S. The number of carbonyl (C=O) groups is 1. The highest BCUT2D eigenvalue weighted by molar-refractivity contribution is 7.99. The minimum absolute atomic E-state index is 0.203. The molecule has 1 atom stereocenters. The van der Waals surface area contributed by atoms with Crippen molar-refractivity contribution < 1.29 is 9.90 Å². The minimum atomic E-state index is -0.859. The highest BCUT2D eigenvalue weighted by Gasteiger charge is 2.25. The van der Waals surface area contributed by atoms with Gasteiger partial charge in [0.15, 0.2) is 0 Å². The molecule has 0 saturated carbocycles. The van der Waals surface area contributed by atoms with Crippen LogP contribution in [0.5, 0.6) is 0 Å². The Balaban J connectivity index is 2.38. The Kier molecular flexibility index (Phi) is 3.20. The van der Waals surface area contributed by atoms with Crippen LogP contribution in [0.2, 0.25) is 0 Å². The maximum Gasteiger partial charge on any atom is 0.320 e. The number of carboxylic acid groups (broad SMARTS) is 1. The molecular weight excluding hydrogens is 162 g/mol. The zero-order valence-electron chi connectivity index (χ0n) is 6.32. The van der Waals surface area contributed by atoms with Gasteiger partial charge in [0.2, 0.25) is 0 Å². The summed E-state index contributed by atoms with van der Waals surface area (Å²) in [5, 5.41) is 8.60. The molecule has 0 amide bonds. The topological polar surface area (TPSA) is 63.3 Å². The van der Waals surface area contributed by atoms with Crippen LogP contribution >= 0.6 is 11.8 Å². The first kappa shape index (κ1) is 8.87. The van der Waals surface area contributed by atoms with Crippen LogP contribution in [0, 0.1) is 5.92 Å². The summed E-state index contributed by atoms with van der Waals surface area (Å²) in [4.78, 5) is 10.5. The maximum absolute atomic E-state index is 10.5. The van der Waals surface area contributed by atoms with Crippen molar-refractivity contribution >= 4 is 17.7 Å². The molecule has 0 spiro atoms. The standard InChI is InChI=1S/C7H13NO2S/c8-6(7(9)10)5-1-3-11-4-2-5/h5-6H,1-4,8H2,(H,9,10). The lowest BCUT2D eigenvalue weighted by atomic mass is 9.94. The predicted octanol–water partition coefficient (Wildman–Crippen LogP) is 0.541. The van der Waals surface area contributed by atoms with E-state index >= 15 is 0 Å². The van der Waals surface area contributed by atoms with E-state index in [1.807, 2.05) is 11.8 Å². The second-order valence-electron chi connectivity index (χ2n) is 2.81. The third-order valence-electron chi connectivity index (χ3n) is 2.06. The van der Waals surface area contributed by atoms with Gasteiger partial charge in [-0.1, -0.05) is 0 Å². The van der Waals surface area contributed by atoms with E-state index in [1.165, 1.54) is 0 Å². The van der Waals surface area contributed by atoms with Crippen LogP contribution in [0.4, 0.5) is 0 Å². The van der Waals surface area contributed by atoms with E-state index in [9.17, 15) is 4.79 Å². The van der Waals surface area contributed by atoms with Crippen LogP contribution in [0.25, 0.3) is 0 Å². The molecule has 64 valence electrons. The monoisotopic (exact) mass is 175 g/mol. The summed E-state index contributed by atoms with van der Waals surface area (Å²) >= 11 is 1.88. The van der Waals surface area contributed by atoms with Crippen LogP contribution in [0.1, 0.15) is 12.8 Å². The largest absolute Gasteiger partial charge is 0.480 e. The smallest absolute Gasteiger partial charge is 0.320 e. The van der Waals surface area contributed by atoms with Crippen LogP contribution in [0.3, 0.4) is 0 Å². The highest BCUT2D eigenvalue weighted by Crippen LogP contribution is 2.24. The average Bonchev–Trinajstić information content (AvgIpc) is 2.05. The molecule has 11 heavy (non-hydrogen) atoms. The van der Waals surface area contributed by atoms with Crippen LogP contribution < -0.4 is 5.73 Å². The molecule has 4 heteroatoms. The minimum Gasteiger partial charge on any atom is -0.480 e. The number of hydrogen-bond donors (Lipinski definition) is 2. The third-order valence-corrected chi connectivity index (χ3v) is 3.11. The Hall–Kier alpha value is -0.220. The van der Waals surface area contributed by atoms with Crippen molar-refractivity contribution in [2.45, 2.75) is 18.9 Å². The molecule has 0 bridgehead atoms. The molecule has 0 aromatic carbocycles. The maximum atomic E-state index is 10.5. The van der Waals surface area contributed by atoms with Gasteiger partial charge in [0.1, 0.15) is 6.04 Å². The zero-order valence-corrected chi connectivity index (χ0v) is 7.14. The zero-order chi connectivity index (χ0) is 8.27. The summed E-state index contributed by atoms with van der Waals surface area (Å²) in [6, 6.07) is -0.643. The number of aliphatic carboxylic acids is 1. The van der Waals surface area contributed by atoms with E-state index < -0.39 is 12.0 Å². The predicted molar refractivity (Wildman–Crippen MR) is 45.7 cm³/mol. The van der Waals surface area contributed by atoms with E-state index in [0.29, 0.717) is 0 Å². The Morgan fingerprint density at radius 3 is 2.55 bits per heavy atom. The fourth-order valence-corrected chi connectivity index (χ4v) is 2.42. The molecule has 0 radical (unpaired) electrons. The number of nitrogens with two attached hydrogens (primary N) is 1. The molecule has 3 N–H and O–H groups in total. The lowest BCUT2D eigenvalue weighted by molar-refractivity contribution is -0.139. The molecule has 3 nitrogen and oxygen atoms in total. The van der Waals surface area contributed by atoms with Gasteiger partial charge in [-0.2, -0.15) is 11.8 Å². The molecule has 1 fully saturated rings. The van der Waals surface area contributed by atoms with Crippen molar-refractivity contribution in [3.8, 4) is 0 Å². The Labute approximate surface area is 70.3 Å². The lowest BCUT2D eigenvalue weighted by Crippen LogP contribution is -2.39. The normalized spacial score (nSPS) is 23.0. The van der Waals surface area contributed by atoms with Gasteiger partial charge in [0.05, 0.1) is 0 Å². The fraction of sp³-hybridized carbons (Fsp3) is 0.857. The molecule has 0 aromatic rings. The van der Waals surface area contributed by atoms with Crippen molar-refractivity contribution in [1.29, 1.82) is 0 Å². The molecule has 0 aliphatic carbocycles. The molecule has 1 aliphatic heterocycles. The average molecular weight is 175 g/mol. The summed E-state index contributed by atoms with van der Waals surface area (Å²) in [7, 11) is 0. The first-order chi connectivity index (χ1) is 5.22. The van der Waals surface area contributed by atoms with E-state index in [1.54, 1.807) is 0 Å². The Morgan fingerprint density at radius 1 is 1.55 bits per heavy atom. The molecule has 1 rings (SSSR count). The Bertz CT molecular complexity index is 145. The quantitative estimate of drug-likeness (QED) is 0.643. The molecule has 1 saturated heterocycles. The van der Waals surface area contributed by atoms with Crippen molar-refractivity contribution in [2.75, 3.05) is 11.5 Å². The summed E-state index contributed by atoms with van der Waals surface area (Å²) in [6.45, 7) is 0. The van der Waals surface area contributed by atoms with Gasteiger partial charge in [-0.25, -0.2) is 0 Å². The van der Waals surface area contributed by atoms with Crippen molar-refractivity contribution in [3.05, 3.63) is 0 Å². The van der Waals surface area contributed by atoms with Crippen LogP contribution in [0.15, 0.2) is 0 Å². The summed E-state index contributed by atoms with van der Waals surface area (Å²) in [5.41, 5.74) is 5.48. The van der Waals surface area contributed by atoms with Crippen molar-refractivity contribution in [2.24, 2.45) is 11.7 Å². The van der Waals surface area contributed by atoms with Crippen LogP contribution in [-0.4, -0.2) is 28.6 Å². The van der Waals surface area contributed by atoms with E-state index in [4.69, 9.17) is 10.8 Å². The van der Waals surface area contributed by atoms with Gasteiger partial charge in [-0.05, 0) is 30.3 Å². The second kappa shape index (κ2) is 3.97. The van der Waals surface area contributed by atoms with Gasteiger partial charge in [0.25, 0.3) is 0 Å². The first-order valence-corrected chi connectivity index (χ1v) is 4.93. The summed E-state index contributed by atoms with van der Waals surface area (Å²) in [6.07, 6.45) is 1.91. The van der Waals surface area contributed by atoms with Crippen molar-refractivity contribution in [3.63, 3.8) is 0 Å². The van der Waals surface area contributed by atoms with E-state index in [-0.39, 0.29) is 5.92 Å². The highest BCUT2D eigenvalue weighted by atomic mass is 32.2. The number of rotatable bonds is 2. The molecule has 0 aromatic heterocycles. The van der Waals surface area contributed by atoms with Gasteiger partial charge >= 0.3 is 5.97 Å².